The monoisotopic (exact) mass is 456 g/mol. The molecule has 176 valence electrons. The summed E-state index contributed by atoms with van der Waals surface area (Å²) in [4.78, 5) is 35.9. The first-order valence-corrected chi connectivity index (χ1v) is 10.2. The first kappa shape index (κ1) is 25.3. The predicted octanol–water partition coefficient (Wildman–Crippen LogP) is 2.72. The van der Waals surface area contributed by atoms with Gasteiger partial charge in [0.2, 0.25) is 5.91 Å². The van der Waals surface area contributed by atoms with E-state index in [2.05, 4.69) is 10.6 Å². The zero-order valence-electron chi connectivity index (χ0n) is 19.1. The zero-order chi connectivity index (χ0) is 24.2. The third kappa shape index (κ3) is 8.21. The van der Waals surface area contributed by atoms with Crippen molar-refractivity contribution in [1.29, 1.82) is 0 Å². The molecule has 0 radical (unpaired) electrons. The van der Waals surface area contributed by atoms with E-state index in [1.807, 2.05) is 38.1 Å². The van der Waals surface area contributed by atoms with Crippen molar-refractivity contribution in [2.75, 3.05) is 39.3 Å². The minimum Gasteiger partial charge on any atom is -0.495 e. The summed E-state index contributed by atoms with van der Waals surface area (Å²) in [6.45, 7) is 2.54. The molecule has 9 nitrogen and oxygen atoms in total. The number of methoxy groups -OCH3 is 2. The molecule has 33 heavy (non-hydrogen) atoms. The van der Waals surface area contributed by atoms with Gasteiger partial charge in [-0.3, -0.25) is 9.59 Å². The molecule has 2 N–H and O–H groups in total. The molecule has 0 atom stereocenters. The number of anilines is 1. The minimum absolute atomic E-state index is 0.292. The number of rotatable bonds is 11. The van der Waals surface area contributed by atoms with E-state index in [4.69, 9.17) is 18.9 Å². The van der Waals surface area contributed by atoms with E-state index in [1.54, 1.807) is 24.3 Å². The third-order valence-electron chi connectivity index (χ3n) is 4.33. The Morgan fingerprint density at radius 2 is 1.64 bits per heavy atom. The van der Waals surface area contributed by atoms with Crippen molar-refractivity contribution in [1.82, 2.24) is 5.32 Å². The van der Waals surface area contributed by atoms with Gasteiger partial charge in [-0.1, -0.05) is 24.3 Å². The lowest BCUT2D eigenvalue weighted by atomic mass is 10.2. The molecular weight excluding hydrogens is 428 g/mol. The Balaban J connectivity index is 1.74. The van der Waals surface area contributed by atoms with Crippen LogP contribution in [-0.4, -0.2) is 51.8 Å². The largest absolute Gasteiger partial charge is 0.495 e. The average Bonchev–Trinajstić information content (AvgIpc) is 2.80. The molecule has 9 heteroatoms. The fourth-order valence-corrected chi connectivity index (χ4v) is 2.77. The number of allylic oxidation sites excluding steroid dienone is 1. The van der Waals surface area contributed by atoms with Crippen LogP contribution in [-0.2, 0) is 19.1 Å². The number of carbonyl (C=O) groups is 3. The van der Waals surface area contributed by atoms with Crippen molar-refractivity contribution in [3.8, 4) is 17.2 Å². The van der Waals surface area contributed by atoms with Crippen LogP contribution < -0.4 is 24.8 Å². The van der Waals surface area contributed by atoms with Crippen LogP contribution in [0.25, 0.3) is 6.08 Å². The molecule has 2 amide bonds. The molecule has 2 aromatic rings. The van der Waals surface area contributed by atoms with Gasteiger partial charge in [-0.05, 0) is 49.2 Å². The Labute approximate surface area is 192 Å². The van der Waals surface area contributed by atoms with E-state index in [9.17, 15) is 14.4 Å². The molecule has 2 aromatic carbocycles. The quantitative estimate of drug-likeness (QED) is 0.500. The van der Waals surface area contributed by atoms with E-state index < -0.39 is 31.0 Å². The van der Waals surface area contributed by atoms with Crippen LogP contribution in [0, 0.1) is 6.92 Å². The van der Waals surface area contributed by atoms with Gasteiger partial charge in [0.15, 0.2) is 24.7 Å². The van der Waals surface area contributed by atoms with Gasteiger partial charge in [0.25, 0.3) is 5.91 Å². The number of hydrogen-bond acceptors (Lipinski definition) is 7. The fourth-order valence-electron chi connectivity index (χ4n) is 2.77. The number of ether oxygens (including phenoxy) is 4. The second-order valence-corrected chi connectivity index (χ2v) is 6.89. The van der Waals surface area contributed by atoms with Gasteiger partial charge in [0.05, 0.1) is 26.5 Å². The van der Waals surface area contributed by atoms with Crippen molar-refractivity contribution in [3.05, 3.63) is 53.6 Å². The summed E-state index contributed by atoms with van der Waals surface area (Å²) >= 11 is 0. The summed E-state index contributed by atoms with van der Waals surface area (Å²) in [5.74, 6) is -0.470. The van der Waals surface area contributed by atoms with E-state index >= 15 is 0 Å². The van der Waals surface area contributed by atoms with Crippen molar-refractivity contribution < 1.29 is 33.3 Å². The van der Waals surface area contributed by atoms with Crippen molar-refractivity contribution in [2.45, 2.75) is 13.8 Å². The first-order valence-electron chi connectivity index (χ1n) is 10.2. The van der Waals surface area contributed by atoms with Crippen LogP contribution in [0.1, 0.15) is 18.1 Å². The smallest absolute Gasteiger partial charge is 0.344 e. The van der Waals surface area contributed by atoms with Gasteiger partial charge in [-0.25, -0.2) is 4.79 Å². The highest BCUT2D eigenvalue weighted by Gasteiger charge is 2.13. The van der Waals surface area contributed by atoms with Crippen molar-refractivity contribution in [2.24, 2.45) is 0 Å². The minimum atomic E-state index is -0.737. The van der Waals surface area contributed by atoms with E-state index in [-0.39, 0.29) is 6.54 Å². The van der Waals surface area contributed by atoms with Gasteiger partial charge in [-0.15, -0.1) is 0 Å². The van der Waals surface area contributed by atoms with E-state index in [1.165, 1.54) is 14.2 Å². The Kier molecular flexibility index (Phi) is 9.76. The maximum atomic E-state index is 12.1. The Morgan fingerprint density at radius 1 is 0.909 bits per heavy atom. The zero-order valence-corrected chi connectivity index (χ0v) is 19.1. The summed E-state index contributed by atoms with van der Waals surface area (Å²) < 4.78 is 20.8. The third-order valence-corrected chi connectivity index (χ3v) is 4.33. The molecule has 0 heterocycles. The number of carbonyl (C=O) groups excluding carboxylic acids is 3. The lowest BCUT2D eigenvalue weighted by Gasteiger charge is -2.12. The van der Waals surface area contributed by atoms with Crippen LogP contribution in [0.15, 0.2) is 42.5 Å². The molecule has 0 aliphatic carbocycles. The molecule has 0 spiro atoms. The lowest BCUT2D eigenvalue weighted by Crippen LogP contribution is -2.36. The highest BCUT2D eigenvalue weighted by Crippen LogP contribution is 2.28. The number of nitrogens with one attached hydrogen (secondary N) is 2. The molecule has 0 saturated heterocycles. The average molecular weight is 456 g/mol. The molecule has 0 bridgehead atoms. The van der Waals surface area contributed by atoms with Gasteiger partial charge in [0.1, 0.15) is 5.75 Å². The van der Waals surface area contributed by atoms with Crippen LogP contribution in [0.3, 0.4) is 0 Å². The second-order valence-electron chi connectivity index (χ2n) is 6.89. The molecule has 0 aliphatic heterocycles. The van der Waals surface area contributed by atoms with Gasteiger partial charge in [0, 0.05) is 0 Å². The summed E-state index contributed by atoms with van der Waals surface area (Å²) in [6.07, 6.45) is 3.79. The van der Waals surface area contributed by atoms with Crippen LogP contribution in [0.5, 0.6) is 17.2 Å². The predicted molar refractivity (Wildman–Crippen MR) is 124 cm³/mol. The molecule has 0 unspecified atom stereocenters. The number of aryl methyl sites for hydroxylation is 1. The van der Waals surface area contributed by atoms with Gasteiger partial charge < -0.3 is 29.6 Å². The molecule has 2 rings (SSSR count). The van der Waals surface area contributed by atoms with Gasteiger partial charge >= 0.3 is 5.97 Å². The number of amides is 2. The molecule has 0 saturated carbocycles. The Hall–Kier alpha value is -4.01. The molecule has 0 aliphatic rings. The maximum absolute atomic E-state index is 12.1. The van der Waals surface area contributed by atoms with Gasteiger partial charge in [-0.2, -0.15) is 0 Å². The summed E-state index contributed by atoms with van der Waals surface area (Å²) in [5.41, 5.74) is 2.36. The molecular formula is C24H28N2O7. The summed E-state index contributed by atoms with van der Waals surface area (Å²) in [7, 11) is 2.99. The normalized spacial score (nSPS) is 10.4. The summed E-state index contributed by atoms with van der Waals surface area (Å²) in [5, 5.41) is 5.05. The van der Waals surface area contributed by atoms with Crippen molar-refractivity contribution in [3.63, 3.8) is 0 Å². The summed E-state index contributed by atoms with van der Waals surface area (Å²) in [6, 6.07) is 10.6. The topological polar surface area (TPSA) is 112 Å². The van der Waals surface area contributed by atoms with Crippen LogP contribution in [0.2, 0.25) is 0 Å². The number of benzene rings is 2. The number of hydrogen-bond donors (Lipinski definition) is 2. The van der Waals surface area contributed by atoms with E-state index in [0.717, 1.165) is 11.1 Å². The number of esters is 1. The van der Waals surface area contributed by atoms with Crippen molar-refractivity contribution >= 4 is 29.5 Å². The Morgan fingerprint density at radius 3 is 2.33 bits per heavy atom. The lowest BCUT2D eigenvalue weighted by molar-refractivity contribution is -0.150. The maximum Gasteiger partial charge on any atom is 0.344 e. The first-order chi connectivity index (χ1) is 15.9. The van der Waals surface area contributed by atoms with Crippen LogP contribution in [0.4, 0.5) is 5.69 Å². The molecule has 0 fully saturated rings. The highest BCUT2D eigenvalue weighted by molar-refractivity contribution is 5.96. The standard InChI is InChI=1S/C24H28N2O7/c1-5-6-17-8-10-20(21(12-17)31-4)32-15-24(29)33-14-23(28)25-13-22(27)26-18-11-16(2)7-9-19(18)30-3/h5-12H,13-15H2,1-4H3,(H,25,28)(H,26,27)/b6-5+. The van der Waals surface area contributed by atoms with E-state index in [0.29, 0.717) is 22.9 Å². The Bertz CT molecular complexity index is 1020. The highest BCUT2D eigenvalue weighted by atomic mass is 16.6. The SMILES string of the molecule is C/C=C/c1ccc(OCC(=O)OCC(=O)NCC(=O)Nc2cc(C)ccc2OC)c(OC)c1. The molecule has 0 aromatic heterocycles. The fraction of sp³-hybridized carbons (Fsp3) is 0.292. The second kappa shape index (κ2) is 12.7. The van der Waals surface area contributed by atoms with Crippen LogP contribution >= 0.6 is 0 Å².